The first-order chi connectivity index (χ1) is 7.62. The molecule has 0 unspecified atom stereocenters. The Balaban J connectivity index is 3.69. The van der Waals surface area contributed by atoms with E-state index < -0.39 is 32.4 Å². The predicted molar refractivity (Wildman–Crippen MR) is 58.2 cm³/mol. The molecule has 0 saturated heterocycles. The van der Waals surface area contributed by atoms with Crippen LogP contribution in [-0.2, 0) is 4.79 Å². The van der Waals surface area contributed by atoms with Crippen molar-refractivity contribution in [2.75, 3.05) is 0 Å². The molecule has 0 radical (unpaired) electrons. The molecule has 1 aliphatic carbocycles. The second-order valence-electron chi connectivity index (χ2n) is 4.42. The summed E-state index contributed by atoms with van der Waals surface area (Å²) < 4.78 is 0. The Morgan fingerprint density at radius 3 is 1.76 bits per heavy atom. The molecule has 0 aromatic rings. The van der Waals surface area contributed by atoms with E-state index in [0.717, 1.165) is 0 Å². The van der Waals surface area contributed by atoms with Crippen molar-refractivity contribution < 1.29 is 14.6 Å². The van der Waals surface area contributed by atoms with Crippen LogP contribution >= 0.6 is 0 Å². The minimum atomic E-state index is -1.08. The highest BCUT2D eigenvalue weighted by atomic mass is 16.6. The lowest BCUT2D eigenvalue weighted by molar-refractivity contribution is -0.481. The van der Waals surface area contributed by atoms with Gasteiger partial charge in [0.05, 0.1) is 20.8 Å². The predicted octanol–water partition coefficient (Wildman–Crippen LogP) is 1.70. The van der Waals surface area contributed by atoms with Crippen LogP contribution in [0.15, 0.2) is 22.5 Å². The summed E-state index contributed by atoms with van der Waals surface area (Å²) in [5, 5.41) is 21.8. The molecule has 0 spiro atoms. The van der Waals surface area contributed by atoms with Crippen molar-refractivity contribution in [3.05, 3.63) is 42.8 Å². The summed E-state index contributed by atoms with van der Waals surface area (Å²) in [6.45, 7) is 5.67. The molecule has 0 aliphatic heterocycles. The molecular weight excluding hydrogens is 228 g/mol. The van der Waals surface area contributed by atoms with Gasteiger partial charge in [-0.3, -0.25) is 25.0 Å². The average Bonchev–Trinajstić information content (AvgIpc) is 2.19. The maximum atomic E-state index is 11.9. The van der Waals surface area contributed by atoms with E-state index in [1.807, 2.05) is 0 Å². The van der Waals surface area contributed by atoms with Gasteiger partial charge in [-0.05, 0) is 27.7 Å². The minimum Gasteiger partial charge on any atom is -0.293 e. The zero-order valence-corrected chi connectivity index (χ0v) is 9.94. The van der Waals surface area contributed by atoms with Gasteiger partial charge in [0, 0.05) is 5.57 Å². The highest BCUT2D eigenvalue weighted by Crippen LogP contribution is 2.40. The molecular formula is C10H12N2O5. The molecule has 0 bridgehead atoms. The van der Waals surface area contributed by atoms with Crippen molar-refractivity contribution in [3.8, 4) is 0 Å². The Hall–Kier alpha value is -2.05. The molecule has 0 saturated carbocycles. The Kier molecular flexibility index (Phi) is 2.88. The standard InChI is InChI=1S/C10H12N2O5/c1-5-7(11(14)15)8(12(16)17)6(2)10(3,4)9(5)13/h1-4H3. The fourth-order valence-corrected chi connectivity index (χ4v) is 1.84. The van der Waals surface area contributed by atoms with Crippen LogP contribution in [0.3, 0.4) is 0 Å². The van der Waals surface area contributed by atoms with Crippen LogP contribution in [0.5, 0.6) is 0 Å². The van der Waals surface area contributed by atoms with Crippen LogP contribution in [0, 0.1) is 25.6 Å². The van der Waals surface area contributed by atoms with Gasteiger partial charge in [0.2, 0.25) is 0 Å². The Morgan fingerprint density at radius 2 is 1.41 bits per heavy atom. The summed E-state index contributed by atoms with van der Waals surface area (Å²) in [6, 6.07) is 0. The van der Waals surface area contributed by atoms with E-state index in [9.17, 15) is 25.0 Å². The molecule has 0 fully saturated rings. The number of nitrogens with zero attached hydrogens (tertiary/aromatic N) is 2. The van der Waals surface area contributed by atoms with Crippen molar-refractivity contribution in [1.82, 2.24) is 0 Å². The van der Waals surface area contributed by atoms with Gasteiger partial charge in [-0.15, -0.1) is 0 Å². The number of carbonyl (C=O) groups is 1. The quantitative estimate of drug-likeness (QED) is 0.539. The van der Waals surface area contributed by atoms with E-state index in [4.69, 9.17) is 0 Å². The summed E-state index contributed by atoms with van der Waals surface area (Å²) >= 11 is 0. The number of hydrogen-bond donors (Lipinski definition) is 0. The first kappa shape index (κ1) is 13.0. The first-order valence-electron chi connectivity index (χ1n) is 4.88. The summed E-state index contributed by atoms with van der Waals surface area (Å²) in [5.41, 5.74) is -2.40. The molecule has 0 amide bonds. The van der Waals surface area contributed by atoms with Gasteiger partial charge in [-0.25, -0.2) is 0 Å². The number of Topliss-reactive ketones (excluding diaryl/α,β-unsaturated/α-hetero) is 1. The zero-order chi connectivity index (χ0) is 13.5. The number of allylic oxidation sites excluding steroid dienone is 2. The number of ketones is 1. The van der Waals surface area contributed by atoms with Gasteiger partial charge < -0.3 is 0 Å². The van der Waals surface area contributed by atoms with Gasteiger partial charge in [0.25, 0.3) is 0 Å². The number of hydrogen-bond acceptors (Lipinski definition) is 5. The van der Waals surface area contributed by atoms with Crippen LogP contribution in [0.4, 0.5) is 0 Å². The van der Waals surface area contributed by atoms with Crippen LogP contribution < -0.4 is 0 Å². The second-order valence-corrected chi connectivity index (χ2v) is 4.42. The molecule has 0 heterocycles. The van der Waals surface area contributed by atoms with E-state index in [1.54, 1.807) is 0 Å². The van der Waals surface area contributed by atoms with Crippen LogP contribution in [0.25, 0.3) is 0 Å². The van der Waals surface area contributed by atoms with Gasteiger partial charge >= 0.3 is 11.4 Å². The lowest BCUT2D eigenvalue weighted by atomic mass is 9.73. The van der Waals surface area contributed by atoms with E-state index in [1.165, 1.54) is 27.7 Å². The molecule has 1 rings (SSSR count). The van der Waals surface area contributed by atoms with Crippen molar-refractivity contribution >= 4 is 5.78 Å². The molecule has 0 N–H and O–H groups in total. The van der Waals surface area contributed by atoms with Gasteiger partial charge in [0.15, 0.2) is 5.78 Å². The lowest BCUT2D eigenvalue weighted by Gasteiger charge is -2.26. The van der Waals surface area contributed by atoms with E-state index >= 15 is 0 Å². The Morgan fingerprint density at radius 1 is 1.00 bits per heavy atom. The minimum absolute atomic E-state index is 0.116. The third-order valence-electron chi connectivity index (χ3n) is 3.15. The van der Waals surface area contributed by atoms with Crippen molar-refractivity contribution in [3.63, 3.8) is 0 Å². The largest absolute Gasteiger partial charge is 0.352 e. The fraction of sp³-hybridized carbons (Fsp3) is 0.500. The van der Waals surface area contributed by atoms with Crippen molar-refractivity contribution in [1.29, 1.82) is 0 Å². The number of nitro groups is 2. The summed E-state index contributed by atoms with van der Waals surface area (Å²) in [6.07, 6.45) is 0. The third-order valence-corrected chi connectivity index (χ3v) is 3.15. The average molecular weight is 240 g/mol. The zero-order valence-electron chi connectivity index (χ0n) is 9.94. The van der Waals surface area contributed by atoms with E-state index in [2.05, 4.69) is 0 Å². The number of carbonyl (C=O) groups excluding carboxylic acids is 1. The van der Waals surface area contributed by atoms with Crippen molar-refractivity contribution in [2.45, 2.75) is 27.7 Å². The highest BCUT2D eigenvalue weighted by molar-refractivity contribution is 6.03. The normalized spacial score (nSPS) is 19.6. The summed E-state index contributed by atoms with van der Waals surface area (Å²) in [4.78, 5) is 32.0. The molecule has 0 aromatic heterocycles. The molecule has 17 heavy (non-hydrogen) atoms. The summed E-state index contributed by atoms with van der Waals surface area (Å²) in [7, 11) is 0. The molecule has 7 nitrogen and oxygen atoms in total. The van der Waals surface area contributed by atoms with Crippen LogP contribution in [-0.4, -0.2) is 15.6 Å². The van der Waals surface area contributed by atoms with Gasteiger partial charge in [-0.1, -0.05) is 0 Å². The monoisotopic (exact) mass is 240 g/mol. The smallest absolute Gasteiger partial charge is 0.293 e. The van der Waals surface area contributed by atoms with Crippen molar-refractivity contribution in [2.24, 2.45) is 5.41 Å². The van der Waals surface area contributed by atoms with Crippen LogP contribution in [0.2, 0.25) is 0 Å². The molecule has 1 aliphatic rings. The SMILES string of the molecule is CC1=C([N+](=O)[O-])C([N+](=O)[O-])=C(C)C(C)(C)C1=O. The van der Waals surface area contributed by atoms with E-state index in [0.29, 0.717) is 0 Å². The van der Waals surface area contributed by atoms with E-state index in [-0.39, 0.29) is 11.1 Å². The third kappa shape index (κ3) is 1.73. The highest BCUT2D eigenvalue weighted by Gasteiger charge is 2.48. The maximum Gasteiger partial charge on any atom is 0.352 e. The molecule has 7 heteroatoms. The molecule has 0 atom stereocenters. The topological polar surface area (TPSA) is 103 Å². The second kappa shape index (κ2) is 3.76. The number of rotatable bonds is 2. The fourth-order valence-electron chi connectivity index (χ4n) is 1.84. The first-order valence-corrected chi connectivity index (χ1v) is 4.88. The van der Waals surface area contributed by atoms with Gasteiger partial charge in [0.1, 0.15) is 0 Å². The summed E-state index contributed by atoms with van der Waals surface area (Å²) in [5.74, 6) is -0.452. The lowest BCUT2D eigenvalue weighted by Crippen LogP contribution is -2.35. The molecule has 92 valence electrons. The molecule has 0 aromatic carbocycles. The Bertz CT molecular complexity index is 499. The Labute approximate surface area is 97.1 Å². The van der Waals surface area contributed by atoms with Gasteiger partial charge in [-0.2, -0.15) is 0 Å². The van der Waals surface area contributed by atoms with Crippen LogP contribution in [0.1, 0.15) is 27.7 Å². The maximum absolute atomic E-state index is 11.9.